The van der Waals surface area contributed by atoms with Crippen LogP contribution in [0.1, 0.15) is 17.3 Å². The quantitative estimate of drug-likeness (QED) is 0.291. The van der Waals surface area contributed by atoms with Crippen LogP contribution in [0.15, 0.2) is 89.8 Å². The molecule has 0 unspecified atom stereocenters. The molecular weight excluding hydrogens is 484 g/mol. The molecule has 0 radical (unpaired) electrons. The second-order valence-electron chi connectivity index (χ2n) is 8.21. The molecule has 5 rings (SSSR count). The van der Waals surface area contributed by atoms with Gasteiger partial charge in [-0.3, -0.25) is 9.52 Å². The van der Waals surface area contributed by atoms with Crippen molar-refractivity contribution in [2.45, 2.75) is 18.4 Å². The number of fused-ring (bicyclic) bond motifs is 3. The molecule has 0 fully saturated rings. The summed E-state index contributed by atoms with van der Waals surface area (Å²) in [6, 6.07) is 22.0. The number of benzene rings is 4. The molecule has 1 aromatic heterocycles. The monoisotopic (exact) mass is 505 g/mol. The lowest BCUT2D eigenvalue weighted by Gasteiger charge is -2.11. The lowest BCUT2D eigenvalue weighted by molar-refractivity contribution is 0.102. The van der Waals surface area contributed by atoms with Crippen molar-refractivity contribution in [3.63, 3.8) is 0 Å². The van der Waals surface area contributed by atoms with Crippen LogP contribution in [0, 0.1) is 11.6 Å². The van der Waals surface area contributed by atoms with Gasteiger partial charge in [-0.05, 0) is 67.6 Å². The van der Waals surface area contributed by atoms with Crippen molar-refractivity contribution in [1.82, 2.24) is 4.57 Å². The summed E-state index contributed by atoms with van der Waals surface area (Å²) < 4.78 is 56.4. The summed E-state index contributed by atoms with van der Waals surface area (Å²) in [6.45, 7) is 2.89. The molecule has 0 atom stereocenters. The number of nitrogens with zero attached hydrogens (tertiary/aromatic N) is 1. The van der Waals surface area contributed by atoms with Crippen LogP contribution in [0.4, 0.5) is 20.2 Å². The highest BCUT2D eigenvalue weighted by Crippen LogP contribution is 2.31. The number of carbonyl (C=O) groups excluding carboxylic acids is 1. The molecule has 0 saturated heterocycles. The van der Waals surface area contributed by atoms with Crippen molar-refractivity contribution < 1.29 is 22.0 Å². The number of aryl methyl sites for hydroxylation is 1. The molecule has 0 bridgehead atoms. The number of nitrogens with one attached hydrogen (secondary N) is 2. The second-order valence-corrected chi connectivity index (χ2v) is 9.89. The van der Waals surface area contributed by atoms with Gasteiger partial charge < -0.3 is 9.88 Å². The van der Waals surface area contributed by atoms with Gasteiger partial charge in [0.15, 0.2) is 11.6 Å². The van der Waals surface area contributed by atoms with Gasteiger partial charge in [0, 0.05) is 45.3 Å². The number of halogens is 2. The maximum absolute atomic E-state index is 13.5. The summed E-state index contributed by atoms with van der Waals surface area (Å²) in [5.74, 6) is -2.85. The average Bonchev–Trinajstić information content (AvgIpc) is 3.18. The first kappa shape index (κ1) is 23.5. The van der Waals surface area contributed by atoms with Crippen LogP contribution >= 0.6 is 0 Å². The summed E-state index contributed by atoms with van der Waals surface area (Å²) in [5, 5.41) is 4.96. The van der Waals surface area contributed by atoms with E-state index in [9.17, 15) is 22.0 Å². The molecule has 6 nitrogen and oxygen atoms in total. The van der Waals surface area contributed by atoms with E-state index >= 15 is 0 Å². The highest BCUT2D eigenvalue weighted by atomic mass is 32.2. The average molecular weight is 506 g/mol. The number of carbonyl (C=O) groups is 1. The van der Waals surface area contributed by atoms with E-state index in [0.29, 0.717) is 11.8 Å². The Labute approximate surface area is 206 Å². The SMILES string of the molecule is CCn1c2ccccc2c2cc(NC(=O)c3cccc(NS(=O)(=O)c4ccc(F)c(F)c4)c3)ccc21. The summed E-state index contributed by atoms with van der Waals surface area (Å²) in [6.07, 6.45) is 0. The van der Waals surface area contributed by atoms with Crippen LogP contribution in [0.5, 0.6) is 0 Å². The van der Waals surface area contributed by atoms with Crippen molar-refractivity contribution in [3.8, 4) is 0 Å². The third-order valence-electron chi connectivity index (χ3n) is 5.92. The van der Waals surface area contributed by atoms with E-state index in [2.05, 4.69) is 27.6 Å². The molecule has 1 heterocycles. The van der Waals surface area contributed by atoms with Crippen molar-refractivity contribution in [2.24, 2.45) is 0 Å². The summed E-state index contributed by atoms with van der Waals surface area (Å²) >= 11 is 0. The van der Waals surface area contributed by atoms with Gasteiger partial charge in [0.05, 0.1) is 4.90 Å². The maximum Gasteiger partial charge on any atom is 0.261 e. The van der Waals surface area contributed by atoms with Crippen LogP contribution in [0.2, 0.25) is 0 Å². The number of hydrogen-bond donors (Lipinski definition) is 2. The van der Waals surface area contributed by atoms with Gasteiger partial charge in [-0.1, -0.05) is 24.3 Å². The van der Waals surface area contributed by atoms with Gasteiger partial charge in [0.1, 0.15) is 0 Å². The predicted octanol–water partition coefficient (Wildman–Crippen LogP) is 6.15. The highest BCUT2D eigenvalue weighted by molar-refractivity contribution is 7.92. The highest BCUT2D eigenvalue weighted by Gasteiger charge is 2.18. The lowest BCUT2D eigenvalue weighted by atomic mass is 10.1. The predicted molar refractivity (Wildman–Crippen MR) is 137 cm³/mol. The zero-order valence-corrected chi connectivity index (χ0v) is 19.9. The molecular formula is C27H21F2N3O3S. The lowest BCUT2D eigenvalue weighted by Crippen LogP contribution is -2.15. The zero-order valence-electron chi connectivity index (χ0n) is 19.1. The van der Waals surface area contributed by atoms with Crippen molar-refractivity contribution in [3.05, 3.63) is 102 Å². The molecule has 0 aliphatic rings. The fourth-order valence-electron chi connectivity index (χ4n) is 4.26. The van der Waals surface area contributed by atoms with Crippen LogP contribution in [-0.4, -0.2) is 18.9 Å². The van der Waals surface area contributed by atoms with E-state index in [4.69, 9.17) is 0 Å². The molecule has 2 N–H and O–H groups in total. The Kier molecular flexibility index (Phi) is 5.93. The Morgan fingerprint density at radius 2 is 1.58 bits per heavy atom. The van der Waals surface area contributed by atoms with Gasteiger partial charge in [0.2, 0.25) is 0 Å². The van der Waals surface area contributed by atoms with E-state index in [1.165, 1.54) is 18.2 Å². The summed E-state index contributed by atoms with van der Waals surface area (Å²) in [5.41, 5.74) is 3.09. The first-order chi connectivity index (χ1) is 17.3. The number of sulfonamides is 1. The van der Waals surface area contributed by atoms with Crippen molar-refractivity contribution >= 4 is 49.1 Å². The van der Waals surface area contributed by atoms with E-state index in [1.54, 1.807) is 6.07 Å². The minimum Gasteiger partial charge on any atom is -0.341 e. The van der Waals surface area contributed by atoms with E-state index < -0.39 is 32.5 Å². The third-order valence-corrected chi connectivity index (χ3v) is 7.30. The minimum atomic E-state index is -4.19. The van der Waals surface area contributed by atoms with Gasteiger partial charge in [-0.15, -0.1) is 0 Å². The largest absolute Gasteiger partial charge is 0.341 e. The standard InChI is InChI=1S/C27H21F2N3O3S/c1-2-32-25-9-4-3-8-21(25)22-15-18(10-13-26(22)32)30-27(33)17-6-5-7-19(14-17)31-36(34,35)20-11-12-23(28)24(29)16-20/h3-16,31H,2H2,1H3,(H,30,33). The number of rotatable bonds is 6. The molecule has 182 valence electrons. The third kappa shape index (κ3) is 4.29. The first-order valence-corrected chi connectivity index (χ1v) is 12.7. The minimum absolute atomic E-state index is 0.105. The van der Waals surface area contributed by atoms with Gasteiger partial charge in [-0.2, -0.15) is 0 Å². The van der Waals surface area contributed by atoms with Crippen LogP contribution in [0.25, 0.3) is 21.8 Å². The Bertz CT molecular complexity index is 1750. The van der Waals surface area contributed by atoms with E-state index in [0.717, 1.165) is 40.5 Å². The van der Waals surface area contributed by atoms with E-state index in [1.807, 2.05) is 36.4 Å². The topological polar surface area (TPSA) is 80.2 Å². The van der Waals surface area contributed by atoms with Crippen molar-refractivity contribution in [2.75, 3.05) is 10.0 Å². The Morgan fingerprint density at radius 1 is 0.806 bits per heavy atom. The molecule has 4 aromatic carbocycles. The summed E-state index contributed by atoms with van der Waals surface area (Å²) in [4.78, 5) is 12.5. The molecule has 0 spiro atoms. The van der Waals surface area contributed by atoms with Crippen LogP contribution in [-0.2, 0) is 16.6 Å². The Balaban J connectivity index is 1.40. The fourth-order valence-corrected chi connectivity index (χ4v) is 5.32. The molecule has 0 saturated carbocycles. The molecule has 0 aliphatic heterocycles. The second kappa shape index (κ2) is 9.09. The molecule has 36 heavy (non-hydrogen) atoms. The van der Waals surface area contributed by atoms with Gasteiger partial charge in [0.25, 0.3) is 15.9 Å². The van der Waals surface area contributed by atoms with Gasteiger partial charge >= 0.3 is 0 Å². The smallest absolute Gasteiger partial charge is 0.261 e. The van der Waals surface area contributed by atoms with Crippen LogP contribution in [0.3, 0.4) is 0 Å². The van der Waals surface area contributed by atoms with Crippen molar-refractivity contribution in [1.29, 1.82) is 0 Å². The number of anilines is 2. The fraction of sp³-hybridized carbons (Fsp3) is 0.0741. The first-order valence-electron chi connectivity index (χ1n) is 11.2. The molecule has 0 aliphatic carbocycles. The number of amides is 1. The number of hydrogen-bond acceptors (Lipinski definition) is 3. The van der Waals surface area contributed by atoms with Gasteiger partial charge in [-0.25, -0.2) is 17.2 Å². The summed E-state index contributed by atoms with van der Waals surface area (Å²) in [7, 11) is -4.19. The number of para-hydroxylation sites is 1. The Hall–Kier alpha value is -4.24. The molecule has 5 aromatic rings. The maximum atomic E-state index is 13.5. The molecule has 9 heteroatoms. The zero-order chi connectivity index (χ0) is 25.4. The van der Waals surface area contributed by atoms with Crippen LogP contribution < -0.4 is 10.0 Å². The van der Waals surface area contributed by atoms with E-state index in [-0.39, 0.29) is 11.3 Å². The normalized spacial score (nSPS) is 11.6. The number of aromatic nitrogens is 1. The Morgan fingerprint density at radius 3 is 2.36 bits per heavy atom. The molecule has 1 amide bonds.